The van der Waals surface area contributed by atoms with Crippen molar-refractivity contribution in [2.45, 2.75) is 0 Å². The number of rotatable bonds is 5. The molecule has 0 aliphatic rings. The van der Waals surface area contributed by atoms with Crippen molar-refractivity contribution in [1.29, 1.82) is 0 Å². The van der Waals surface area contributed by atoms with Gasteiger partial charge in [-0.2, -0.15) is 0 Å². The molecule has 0 spiro atoms. The van der Waals surface area contributed by atoms with E-state index >= 15 is 0 Å². The second-order valence-electron chi connectivity index (χ2n) is 12.4. The highest BCUT2D eigenvalue weighted by molar-refractivity contribution is 7.25. The van der Waals surface area contributed by atoms with Gasteiger partial charge in [0.1, 0.15) is 11.2 Å². The SMILES string of the molecule is c1ccc(-c2cc(-c3ccc(-c4ccc5c(c4)sc4ccccc45)c4oc5ccccc5c34)nc(-c3cccc(-c4ccncc4)c3)n2)cc1. The van der Waals surface area contributed by atoms with E-state index in [0.29, 0.717) is 5.82 Å². The minimum Gasteiger partial charge on any atom is -0.455 e. The number of nitrogens with zero attached hydrogens (tertiary/aromatic N) is 3. The van der Waals surface area contributed by atoms with E-state index in [9.17, 15) is 0 Å². The molecular weight excluding hydrogens is 631 g/mol. The number of benzene rings is 6. The second kappa shape index (κ2) is 11.6. The monoisotopic (exact) mass is 657 g/mol. The number of aromatic nitrogens is 3. The molecule has 5 heteroatoms. The Kier molecular flexibility index (Phi) is 6.64. The summed E-state index contributed by atoms with van der Waals surface area (Å²) in [5.41, 5.74) is 10.7. The Hall–Kier alpha value is -6.43. The van der Waals surface area contributed by atoms with Crippen molar-refractivity contribution in [3.05, 3.63) is 164 Å². The van der Waals surface area contributed by atoms with E-state index in [0.717, 1.165) is 72.3 Å². The molecule has 0 unspecified atom stereocenters. The van der Waals surface area contributed by atoms with Crippen LogP contribution in [0.3, 0.4) is 0 Å². The lowest BCUT2D eigenvalue weighted by Crippen LogP contribution is -1.97. The van der Waals surface area contributed by atoms with Crippen LogP contribution < -0.4 is 0 Å². The fourth-order valence-corrected chi connectivity index (χ4v) is 8.16. The van der Waals surface area contributed by atoms with E-state index in [1.54, 1.807) is 0 Å². The first-order valence-electron chi connectivity index (χ1n) is 16.6. The van der Waals surface area contributed by atoms with E-state index in [-0.39, 0.29) is 0 Å². The predicted molar refractivity (Wildman–Crippen MR) is 207 cm³/mol. The zero-order valence-corrected chi connectivity index (χ0v) is 27.6. The molecule has 0 aliphatic carbocycles. The molecule has 4 heterocycles. The van der Waals surface area contributed by atoms with Gasteiger partial charge in [0.15, 0.2) is 5.82 Å². The maximum absolute atomic E-state index is 6.72. The minimum absolute atomic E-state index is 0.664. The second-order valence-corrected chi connectivity index (χ2v) is 13.5. The van der Waals surface area contributed by atoms with Crippen LogP contribution in [0.1, 0.15) is 0 Å². The summed E-state index contributed by atoms with van der Waals surface area (Å²) in [6, 6.07) is 52.9. The predicted octanol–water partition coefficient (Wildman–Crippen LogP) is 12.5. The average Bonchev–Trinajstić information content (AvgIpc) is 3.77. The van der Waals surface area contributed by atoms with Crippen molar-refractivity contribution in [2.24, 2.45) is 0 Å². The lowest BCUT2D eigenvalue weighted by Gasteiger charge is -2.12. The molecule has 0 amide bonds. The van der Waals surface area contributed by atoms with Gasteiger partial charge in [0.2, 0.25) is 0 Å². The quantitative estimate of drug-likeness (QED) is 0.185. The Balaban J connectivity index is 1.20. The number of pyridine rings is 1. The Bertz CT molecular complexity index is 2870. The van der Waals surface area contributed by atoms with Gasteiger partial charge in [-0.25, -0.2) is 9.97 Å². The molecule has 0 fully saturated rings. The third-order valence-electron chi connectivity index (χ3n) is 9.42. The van der Waals surface area contributed by atoms with Crippen molar-refractivity contribution in [2.75, 3.05) is 0 Å². The van der Waals surface area contributed by atoms with Crippen molar-refractivity contribution in [3.63, 3.8) is 0 Å². The maximum atomic E-state index is 6.72. The maximum Gasteiger partial charge on any atom is 0.160 e. The molecule has 4 nitrogen and oxygen atoms in total. The fraction of sp³-hybridized carbons (Fsp3) is 0. The average molecular weight is 658 g/mol. The van der Waals surface area contributed by atoms with E-state index in [4.69, 9.17) is 14.4 Å². The van der Waals surface area contributed by atoms with Crippen LogP contribution in [0, 0.1) is 0 Å². The van der Waals surface area contributed by atoms with Crippen LogP contribution in [0.15, 0.2) is 168 Å². The van der Waals surface area contributed by atoms with Crippen LogP contribution in [0.4, 0.5) is 0 Å². The Morgan fingerprint density at radius 2 is 1.16 bits per heavy atom. The number of fused-ring (bicyclic) bond motifs is 6. The van der Waals surface area contributed by atoms with Gasteiger partial charge in [-0.15, -0.1) is 11.3 Å². The van der Waals surface area contributed by atoms with E-state index in [1.807, 2.05) is 66.2 Å². The van der Waals surface area contributed by atoms with Gasteiger partial charge in [0.25, 0.3) is 0 Å². The molecule has 234 valence electrons. The molecule has 50 heavy (non-hydrogen) atoms. The molecular formula is C45H27N3OS. The Morgan fingerprint density at radius 1 is 0.440 bits per heavy atom. The molecule has 10 aromatic rings. The zero-order chi connectivity index (χ0) is 33.0. The fourth-order valence-electron chi connectivity index (χ4n) is 7.02. The van der Waals surface area contributed by atoms with Gasteiger partial charge in [0.05, 0.1) is 11.4 Å². The largest absolute Gasteiger partial charge is 0.455 e. The third-order valence-corrected chi connectivity index (χ3v) is 10.6. The van der Waals surface area contributed by atoms with Crippen LogP contribution in [0.2, 0.25) is 0 Å². The van der Waals surface area contributed by atoms with Crippen LogP contribution in [-0.4, -0.2) is 15.0 Å². The molecule has 6 aromatic carbocycles. The van der Waals surface area contributed by atoms with Crippen molar-refractivity contribution in [3.8, 4) is 56.2 Å². The molecule has 0 radical (unpaired) electrons. The number of furan rings is 1. The van der Waals surface area contributed by atoms with Crippen LogP contribution in [-0.2, 0) is 0 Å². The highest BCUT2D eigenvalue weighted by atomic mass is 32.1. The Labute approximate surface area is 292 Å². The molecule has 0 bridgehead atoms. The van der Waals surface area contributed by atoms with Gasteiger partial charge >= 0.3 is 0 Å². The molecule has 10 rings (SSSR count). The number of hydrogen-bond donors (Lipinski definition) is 0. The summed E-state index contributed by atoms with van der Waals surface area (Å²) in [4.78, 5) is 14.6. The van der Waals surface area contributed by atoms with Gasteiger partial charge in [0, 0.05) is 65.6 Å². The van der Waals surface area contributed by atoms with Crippen LogP contribution in [0.25, 0.3) is 98.3 Å². The summed E-state index contributed by atoms with van der Waals surface area (Å²) in [5, 5.41) is 4.68. The summed E-state index contributed by atoms with van der Waals surface area (Å²) < 4.78 is 9.28. The molecule has 0 saturated carbocycles. The highest BCUT2D eigenvalue weighted by Crippen LogP contribution is 2.44. The first kappa shape index (κ1) is 28.6. The van der Waals surface area contributed by atoms with E-state index < -0.39 is 0 Å². The lowest BCUT2D eigenvalue weighted by molar-refractivity contribution is 0.670. The molecule has 0 N–H and O–H groups in total. The molecule has 0 atom stereocenters. The van der Waals surface area contributed by atoms with Gasteiger partial charge < -0.3 is 4.42 Å². The minimum atomic E-state index is 0.664. The van der Waals surface area contributed by atoms with Crippen molar-refractivity contribution in [1.82, 2.24) is 15.0 Å². The number of para-hydroxylation sites is 1. The number of thiophene rings is 1. The molecule has 0 aliphatic heterocycles. The van der Waals surface area contributed by atoms with Crippen LogP contribution in [0.5, 0.6) is 0 Å². The summed E-state index contributed by atoms with van der Waals surface area (Å²) in [6.45, 7) is 0. The number of hydrogen-bond acceptors (Lipinski definition) is 5. The van der Waals surface area contributed by atoms with E-state index in [2.05, 4.69) is 114 Å². The van der Waals surface area contributed by atoms with Gasteiger partial charge in [-0.05, 0) is 65.2 Å². The van der Waals surface area contributed by atoms with Crippen molar-refractivity contribution < 1.29 is 4.42 Å². The van der Waals surface area contributed by atoms with E-state index in [1.165, 1.54) is 20.2 Å². The zero-order valence-electron chi connectivity index (χ0n) is 26.7. The summed E-state index contributed by atoms with van der Waals surface area (Å²) in [7, 11) is 0. The van der Waals surface area contributed by atoms with Crippen molar-refractivity contribution >= 4 is 53.4 Å². The standard InChI is InChI=1S/C45H27N3OS/c1-2-9-29(10-3-1)38-27-39(48-45(47-38)32-12-8-11-30(25-32)28-21-23-46-24-22-28)36-20-19-33(44-43(36)37-14-4-6-15-40(37)49-44)31-17-18-35-34-13-5-7-16-41(34)50-42(35)26-31/h1-27H. The smallest absolute Gasteiger partial charge is 0.160 e. The third kappa shape index (κ3) is 4.79. The highest BCUT2D eigenvalue weighted by Gasteiger charge is 2.20. The normalized spacial score (nSPS) is 11.6. The summed E-state index contributed by atoms with van der Waals surface area (Å²) in [5.74, 6) is 0.664. The summed E-state index contributed by atoms with van der Waals surface area (Å²) >= 11 is 1.83. The van der Waals surface area contributed by atoms with Gasteiger partial charge in [-0.3, -0.25) is 4.98 Å². The Morgan fingerprint density at radius 3 is 2.06 bits per heavy atom. The topological polar surface area (TPSA) is 51.8 Å². The summed E-state index contributed by atoms with van der Waals surface area (Å²) in [6.07, 6.45) is 3.63. The van der Waals surface area contributed by atoms with Crippen LogP contribution >= 0.6 is 11.3 Å². The first-order valence-corrected chi connectivity index (χ1v) is 17.4. The first-order chi connectivity index (χ1) is 24.8. The lowest BCUT2D eigenvalue weighted by atomic mass is 9.95. The molecule has 0 saturated heterocycles. The van der Waals surface area contributed by atoms with Gasteiger partial charge in [-0.1, -0.05) is 103 Å². The molecule has 4 aromatic heterocycles.